The van der Waals surface area contributed by atoms with Crippen LogP contribution in [0.3, 0.4) is 0 Å². The van der Waals surface area contributed by atoms with Gasteiger partial charge in [-0.05, 0) is 61.9 Å². The number of hydrogen-bond donors (Lipinski definition) is 0. The molecule has 172 valence electrons. The van der Waals surface area contributed by atoms with E-state index < -0.39 is 28.6 Å². The molecule has 0 spiro atoms. The van der Waals surface area contributed by atoms with Crippen molar-refractivity contribution in [3.05, 3.63) is 68.6 Å². The number of carbonyl (C=O) groups excluding carboxylic acids is 3. The van der Waals surface area contributed by atoms with Gasteiger partial charge in [-0.3, -0.25) is 29.4 Å². The second-order valence-corrected chi connectivity index (χ2v) is 9.48. The van der Waals surface area contributed by atoms with E-state index >= 15 is 0 Å². The van der Waals surface area contributed by atoms with E-state index in [1.807, 2.05) is 38.1 Å². The van der Waals surface area contributed by atoms with Gasteiger partial charge in [-0.2, -0.15) is 0 Å². The highest BCUT2D eigenvalue weighted by Gasteiger charge is 2.37. The molecule has 33 heavy (non-hydrogen) atoms. The summed E-state index contributed by atoms with van der Waals surface area (Å²) in [5.74, 6) is -1.30. The number of nitro groups is 1. The third-order valence-electron chi connectivity index (χ3n) is 4.79. The Hall–Kier alpha value is -3.11. The maximum Gasteiger partial charge on any atom is 0.326 e. The van der Waals surface area contributed by atoms with Crippen LogP contribution in [0.5, 0.6) is 0 Å². The molecule has 1 aliphatic rings. The highest BCUT2D eigenvalue weighted by atomic mass is 32.2. The predicted octanol–water partition coefficient (Wildman–Crippen LogP) is 5.43. The van der Waals surface area contributed by atoms with E-state index in [4.69, 9.17) is 4.74 Å². The Labute approximate surface area is 199 Å². The number of thioether (sulfide) groups is 1. The van der Waals surface area contributed by atoms with Crippen LogP contribution in [0.15, 0.2) is 57.2 Å². The fraction of sp³-hybridized carbons (Fsp3) is 0.261. The molecule has 1 aliphatic heterocycles. The number of nitro benzene ring substituents is 1. The Morgan fingerprint density at radius 1 is 1.24 bits per heavy atom. The second-order valence-electron chi connectivity index (χ2n) is 7.38. The van der Waals surface area contributed by atoms with Crippen molar-refractivity contribution in [2.24, 2.45) is 0 Å². The quantitative estimate of drug-likeness (QED) is 0.210. The summed E-state index contributed by atoms with van der Waals surface area (Å²) >= 11 is 1.95. The number of nitrogens with zero attached hydrogens (tertiary/aromatic N) is 2. The first-order valence-corrected chi connectivity index (χ1v) is 11.8. The number of hydrogen-bond acceptors (Lipinski definition) is 8. The molecule has 1 unspecified atom stereocenters. The van der Waals surface area contributed by atoms with Crippen LogP contribution < -0.4 is 0 Å². The fourth-order valence-electron chi connectivity index (χ4n) is 2.85. The first kappa shape index (κ1) is 24.5. The zero-order valence-electron chi connectivity index (χ0n) is 18.3. The molecule has 2 aromatic carbocycles. The lowest BCUT2D eigenvalue weighted by molar-refractivity contribution is -0.387. The van der Waals surface area contributed by atoms with Gasteiger partial charge in [0.15, 0.2) is 0 Å². The summed E-state index contributed by atoms with van der Waals surface area (Å²) in [5, 5.41) is 11.1. The van der Waals surface area contributed by atoms with Crippen LogP contribution >= 0.6 is 23.5 Å². The zero-order chi connectivity index (χ0) is 24.1. The first-order valence-electron chi connectivity index (χ1n) is 10.2. The molecule has 1 atom stereocenters. The van der Waals surface area contributed by atoms with Crippen molar-refractivity contribution in [1.29, 1.82) is 0 Å². The topological polar surface area (TPSA) is 107 Å². The van der Waals surface area contributed by atoms with Gasteiger partial charge in [-0.25, -0.2) is 0 Å². The average molecular weight is 487 g/mol. The van der Waals surface area contributed by atoms with E-state index in [-0.39, 0.29) is 16.7 Å². The number of amides is 2. The van der Waals surface area contributed by atoms with Gasteiger partial charge in [0.05, 0.1) is 20.8 Å². The minimum Gasteiger partial charge on any atom is -0.461 e. The Kier molecular flexibility index (Phi) is 7.93. The van der Waals surface area contributed by atoms with E-state index in [1.165, 1.54) is 23.9 Å². The molecule has 8 nitrogen and oxygen atoms in total. The molecule has 1 fully saturated rings. The largest absolute Gasteiger partial charge is 0.461 e. The lowest BCUT2D eigenvalue weighted by Gasteiger charge is -2.14. The van der Waals surface area contributed by atoms with Gasteiger partial charge in [0.1, 0.15) is 6.54 Å². The van der Waals surface area contributed by atoms with Gasteiger partial charge >= 0.3 is 5.97 Å². The van der Waals surface area contributed by atoms with Crippen LogP contribution in [0.25, 0.3) is 6.08 Å². The van der Waals surface area contributed by atoms with Crippen molar-refractivity contribution in [3.8, 4) is 0 Å². The predicted molar refractivity (Wildman–Crippen MR) is 127 cm³/mol. The Bertz CT molecular complexity index is 1130. The van der Waals surface area contributed by atoms with Crippen molar-refractivity contribution in [1.82, 2.24) is 4.90 Å². The van der Waals surface area contributed by atoms with Crippen LogP contribution in [-0.2, 0) is 14.3 Å². The number of ether oxygens (including phenoxy) is 1. The lowest BCUT2D eigenvalue weighted by atomic mass is 10.2. The molecule has 0 N–H and O–H groups in total. The molecule has 2 aromatic rings. The van der Waals surface area contributed by atoms with Gasteiger partial charge in [0.25, 0.3) is 16.8 Å². The van der Waals surface area contributed by atoms with Gasteiger partial charge in [-0.15, -0.1) is 0 Å². The van der Waals surface area contributed by atoms with E-state index in [2.05, 4.69) is 0 Å². The summed E-state index contributed by atoms with van der Waals surface area (Å²) < 4.78 is 5.13. The molecular formula is C23H22N2O6S2. The maximum atomic E-state index is 12.6. The number of aryl methyl sites for hydroxylation is 1. The van der Waals surface area contributed by atoms with Gasteiger partial charge < -0.3 is 4.74 Å². The summed E-state index contributed by atoms with van der Waals surface area (Å²) in [7, 11) is 0. The van der Waals surface area contributed by atoms with Gasteiger partial charge in [0.2, 0.25) is 0 Å². The van der Waals surface area contributed by atoms with Gasteiger partial charge in [0, 0.05) is 11.0 Å². The highest BCUT2D eigenvalue weighted by Crippen LogP contribution is 2.37. The Balaban J connectivity index is 1.79. The van der Waals surface area contributed by atoms with Crippen LogP contribution in [0.4, 0.5) is 10.5 Å². The molecular weight excluding hydrogens is 464 g/mol. The SMILES string of the molecule is CCC(C)OC(=O)CN1C(=O)S/C(=C\c2ccc(Sc3ccc(C)cc3)c([N+](=O)[O-])c2)C1=O. The molecule has 0 aromatic heterocycles. The number of carbonyl (C=O) groups is 3. The molecule has 1 heterocycles. The standard InChI is InChI=1S/C23H22N2O6S2/c1-4-15(3)31-21(26)13-24-22(27)20(33-23(24)28)12-16-7-10-19(18(11-16)25(29)30)32-17-8-5-14(2)6-9-17/h5-12,15H,4,13H2,1-3H3/b20-12-. The molecule has 0 bridgehead atoms. The monoisotopic (exact) mass is 486 g/mol. The molecule has 0 radical (unpaired) electrons. The van der Waals surface area contributed by atoms with Crippen LogP contribution in [0.2, 0.25) is 0 Å². The molecule has 2 amide bonds. The number of imide groups is 1. The lowest BCUT2D eigenvalue weighted by Crippen LogP contribution is -2.35. The molecule has 1 saturated heterocycles. The van der Waals surface area contributed by atoms with Crippen LogP contribution in [0, 0.1) is 17.0 Å². The molecule has 10 heteroatoms. The van der Waals surface area contributed by atoms with E-state index in [0.29, 0.717) is 28.6 Å². The van der Waals surface area contributed by atoms with Crippen molar-refractivity contribution >= 4 is 52.4 Å². The third kappa shape index (κ3) is 6.23. The minimum atomic E-state index is -0.666. The number of rotatable bonds is 8. The minimum absolute atomic E-state index is 0.0876. The highest BCUT2D eigenvalue weighted by molar-refractivity contribution is 8.18. The molecule has 3 rings (SSSR count). The summed E-state index contributed by atoms with van der Waals surface area (Å²) in [6, 6.07) is 12.3. The van der Waals surface area contributed by atoms with Crippen LogP contribution in [0.1, 0.15) is 31.4 Å². The van der Waals surface area contributed by atoms with Crippen LogP contribution in [-0.4, -0.2) is 39.6 Å². The Morgan fingerprint density at radius 3 is 2.58 bits per heavy atom. The maximum absolute atomic E-state index is 12.6. The van der Waals surface area contributed by atoms with E-state index in [1.54, 1.807) is 19.1 Å². The van der Waals surface area contributed by atoms with Crippen molar-refractivity contribution < 1.29 is 24.0 Å². The molecule has 0 aliphatic carbocycles. The Morgan fingerprint density at radius 2 is 1.94 bits per heavy atom. The normalized spacial score (nSPS) is 15.7. The second kappa shape index (κ2) is 10.7. The summed E-state index contributed by atoms with van der Waals surface area (Å²) in [6.07, 6.45) is 1.72. The zero-order valence-corrected chi connectivity index (χ0v) is 19.9. The van der Waals surface area contributed by atoms with E-state index in [9.17, 15) is 24.5 Å². The average Bonchev–Trinajstić information content (AvgIpc) is 3.03. The number of esters is 1. The van der Waals surface area contributed by atoms with Gasteiger partial charge in [-0.1, -0.05) is 42.4 Å². The summed E-state index contributed by atoms with van der Waals surface area (Å²) in [4.78, 5) is 50.2. The van der Waals surface area contributed by atoms with Crippen molar-refractivity contribution in [2.75, 3.05) is 6.54 Å². The smallest absolute Gasteiger partial charge is 0.326 e. The fourth-order valence-corrected chi connectivity index (χ4v) is 4.59. The number of benzene rings is 2. The summed E-state index contributed by atoms with van der Waals surface area (Å²) in [6.45, 7) is 5.06. The van der Waals surface area contributed by atoms with Crippen molar-refractivity contribution in [2.45, 2.75) is 43.1 Å². The third-order valence-corrected chi connectivity index (χ3v) is 6.77. The molecule has 0 saturated carbocycles. The van der Waals surface area contributed by atoms with E-state index in [0.717, 1.165) is 15.4 Å². The first-order chi connectivity index (χ1) is 15.7. The summed E-state index contributed by atoms with van der Waals surface area (Å²) in [5.41, 5.74) is 1.39. The van der Waals surface area contributed by atoms with Crippen molar-refractivity contribution in [3.63, 3.8) is 0 Å².